The van der Waals surface area contributed by atoms with Crippen LogP contribution in [0, 0.1) is 12.3 Å². The van der Waals surface area contributed by atoms with Crippen LogP contribution in [-0.4, -0.2) is 83.6 Å². The number of carbonyl (C=O) groups is 4. The fraction of sp³-hybridized carbons (Fsp3) is 0.581. The van der Waals surface area contributed by atoms with Crippen molar-refractivity contribution in [2.75, 3.05) is 26.8 Å². The van der Waals surface area contributed by atoms with Gasteiger partial charge in [0.15, 0.2) is 0 Å². The van der Waals surface area contributed by atoms with Gasteiger partial charge in [0.25, 0.3) is 0 Å². The summed E-state index contributed by atoms with van der Waals surface area (Å²) in [5, 5.41) is 19.0. The van der Waals surface area contributed by atoms with E-state index in [0.29, 0.717) is 13.0 Å². The van der Waals surface area contributed by atoms with E-state index in [1.54, 1.807) is 11.3 Å². The maximum absolute atomic E-state index is 13.7. The summed E-state index contributed by atoms with van der Waals surface area (Å²) in [7, 11) is 1.46. The number of nitrogens with zero attached hydrogens (tertiary/aromatic N) is 2. The van der Waals surface area contributed by atoms with E-state index in [9.17, 15) is 24.3 Å². The number of hydrogen-bond donors (Lipinski definition) is 4. The molecule has 0 aliphatic carbocycles. The number of hydrogen-bond acceptors (Lipinski definition) is 8. The van der Waals surface area contributed by atoms with Gasteiger partial charge in [-0.1, -0.05) is 51.5 Å². The van der Waals surface area contributed by atoms with Crippen LogP contribution >= 0.6 is 11.3 Å². The Morgan fingerprint density at radius 2 is 1.81 bits per heavy atom. The minimum Gasteiger partial charge on any atom is -0.391 e. The fourth-order valence-corrected chi connectivity index (χ4v) is 5.82. The Morgan fingerprint density at radius 1 is 1.09 bits per heavy atom. The summed E-state index contributed by atoms with van der Waals surface area (Å²) in [5.41, 5.74) is 4.14. The molecule has 3 atom stereocenters. The molecule has 12 heteroatoms. The molecule has 1 aliphatic heterocycles. The smallest absolute Gasteiger partial charge is 0.246 e. The van der Waals surface area contributed by atoms with Crippen LogP contribution in [0.15, 0.2) is 29.8 Å². The second-order valence-electron chi connectivity index (χ2n) is 12.0. The molecule has 1 aromatic heterocycles. The number of ether oxygens (including phenoxy) is 1. The Morgan fingerprint density at radius 3 is 2.44 bits per heavy atom. The number of nitrogens with one attached hydrogen (secondary N) is 3. The molecule has 1 aliphatic rings. The van der Waals surface area contributed by atoms with Crippen LogP contribution in [-0.2, 0) is 30.5 Å². The molecule has 0 bridgehead atoms. The lowest BCUT2D eigenvalue weighted by Crippen LogP contribution is -2.57. The molecule has 0 spiro atoms. The molecule has 3 unspecified atom stereocenters. The van der Waals surface area contributed by atoms with Crippen molar-refractivity contribution >= 4 is 35.0 Å². The van der Waals surface area contributed by atoms with Crippen molar-refractivity contribution in [3.05, 3.63) is 41.0 Å². The normalized spacial score (nSPS) is 17.4. The second kappa shape index (κ2) is 15.9. The van der Waals surface area contributed by atoms with Crippen molar-refractivity contribution in [3.8, 4) is 10.4 Å². The van der Waals surface area contributed by atoms with Gasteiger partial charge in [-0.3, -0.25) is 19.2 Å². The van der Waals surface area contributed by atoms with E-state index in [4.69, 9.17) is 4.74 Å². The van der Waals surface area contributed by atoms with Gasteiger partial charge in [0.1, 0.15) is 18.7 Å². The molecule has 1 saturated heterocycles. The third kappa shape index (κ3) is 10.1. The number of unbranched alkanes of at least 4 members (excludes halogenated alkanes) is 2. The summed E-state index contributed by atoms with van der Waals surface area (Å²) in [6.45, 7) is 8.37. The number of likely N-dealkylation sites (tertiary alicyclic amines) is 1. The molecule has 0 saturated carbocycles. The predicted octanol–water partition coefficient (Wildman–Crippen LogP) is 2.55. The Bertz CT molecular complexity index is 1240. The molecule has 11 nitrogen and oxygen atoms in total. The number of aliphatic hydroxyl groups is 1. The Kier molecular flexibility index (Phi) is 12.6. The summed E-state index contributed by atoms with van der Waals surface area (Å²) >= 11 is 1.58. The Labute approximate surface area is 257 Å². The summed E-state index contributed by atoms with van der Waals surface area (Å²) in [6, 6.07) is 6.19. The van der Waals surface area contributed by atoms with Gasteiger partial charge < -0.3 is 30.7 Å². The van der Waals surface area contributed by atoms with Gasteiger partial charge >= 0.3 is 0 Å². The molecule has 4 N–H and O–H groups in total. The Balaban J connectivity index is 1.54. The number of carbonyl (C=O) groups excluding carboxylic acids is 4. The topological polar surface area (TPSA) is 150 Å². The van der Waals surface area contributed by atoms with E-state index in [1.165, 1.54) is 12.0 Å². The number of rotatable bonds is 14. The first-order valence-electron chi connectivity index (χ1n) is 14.7. The number of methoxy groups -OCH3 is 1. The maximum atomic E-state index is 13.7. The second-order valence-corrected chi connectivity index (χ2v) is 12.9. The van der Waals surface area contributed by atoms with Crippen LogP contribution in [0.2, 0.25) is 0 Å². The van der Waals surface area contributed by atoms with E-state index in [0.717, 1.165) is 34.5 Å². The lowest BCUT2D eigenvalue weighted by atomic mass is 9.85. The van der Waals surface area contributed by atoms with E-state index < -0.39 is 23.6 Å². The lowest BCUT2D eigenvalue weighted by molar-refractivity contribution is -0.144. The number of aromatic nitrogens is 1. The van der Waals surface area contributed by atoms with Crippen molar-refractivity contribution in [3.63, 3.8) is 0 Å². The monoisotopic (exact) mass is 615 g/mol. The van der Waals surface area contributed by atoms with Crippen molar-refractivity contribution in [1.29, 1.82) is 0 Å². The first kappa shape index (κ1) is 34.1. The number of aliphatic hydroxyl groups excluding tert-OH is 1. The standard InChI is InChI=1S/C31H45N5O6S/c1-20-27(43-19-34-20)22-12-10-21(11-13-22)16-33-29(40)24-15-23(37)17-36(24)30(41)28(31(2,3)4)35-25(38)9-7-6-8-14-32-26(39)18-42-5/h10-13,19,23-24,28,37H,6-9,14-18H2,1-5H3,(H,32,39)(H,33,40)(H,35,38). The van der Waals surface area contributed by atoms with Gasteiger partial charge in [0, 0.05) is 39.6 Å². The third-order valence-electron chi connectivity index (χ3n) is 7.39. The van der Waals surface area contributed by atoms with Crippen LogP contribution in [0.4, 0.5) is 0 Å². The summed E-state index contributed by atoms with van der Waals surface area (Å²) in [4.78, 5) is 58.0. The van der Waals surface area contributed by atoms with Crippen molar-refractivity contribution < 1.29 is 29.0 Å². The molecule has 1 fully saturated rings. The molecular weight excluding hydrogens is 570 g/mol. The zero-order valence-electron chi connectivity index (χ0n) is 25.8. The molecular formula is C31H45N5O6S. The lowest BCUT2D eigenvalue weighted by Gasteiger charge is -2.35. The van der Waals surface area contributed by atoms with Crippen molar-refractivity contribution in [2.45, 2.75) is 84.5 Å². The number of thiazole rings is 1. The van der Waals surface area contributed by atoms with Gasteiger partial charge in [-0.15, -0.1) is 11.3 Å². The maximum Gasteiger partial charge on any atom is 0.246 e. The average molecular weight is 616 g/mol. The van der Waals surface area contributed by atoms with Gasteiger partial charge in [-0.05, 0) is 36.3 Å². The van der Waals surface area contributed by atoms with Gasteiger partial charge in [0.05, 0.1) is 22.2 Å². The molecule has 3 rings (SSSR count). The van der Waals surface area contributed by atoms with Crippen LogP contribution in [0.1, 0.15) is 64.1 Å². The number of β-amino-alcohol motifs (C(OH)–C–C–N with tert-alkyl or cyclic N) is 1. The molecule has 1 aromatic carbocycles. The average Bonchev–Trinajstić information content (AvgIpc) is 3.57. The quantitative estimate of drug-likeness (QED) is 0.239. The fourth-order valence-electron chi connectivity index (χ4n) is 5.01. The summed E-state index contributed by atoms with van der Waals surface area (Å²) in [5.74, 6) is -1.16. The summed E-state index contributed by atoms with van der Waals surface area (Å²) < 4.78 is 4.77. The molecule has 0 radical (unpaired) electrons. The van der Waals surface area contributed by atoms with Crippen LogP contribution in [0.25, 0.3) is 10.4 Å². The minimum absolute atomic E-state index is 0.0172. The van der Waals surface area contributed by atoms with Crippen LogP contribution < -0.4 is 16.0 Å². The van der Waals surface area contributed by atoms with Crippen molar-refractivity contribution in [2.24, 2.45) is 5.41 Å². The van der Waals surface area contributed by atoms with E-state index in [-0.39, 0.29) is 56.2 Å². The minimum atomic E-state index is -0.864. The van der Waals surface area contributed by atoms with Crippen molar-refractivity contribution in [1.82, 2.24) is 25.8 Å². The van der Waals surface area contributed by atoms with Gasteiger partial charge in [-0.25, -0.2) is 4.98 Å². The SMILES string of the molecule is COCC(=O)NCCCCCC(=O)NC(C(=O)N1CC(O)CC1C(=O)NCc1ccc(-c2scnc2C)cc1)C(C)(C)C. The largest absolute Gasteiger partial charge is 0.391 e. The number of amides is 4. The third-order valence-corrected chi connectivity index (χ3v) is 8.37. The highest BCUT2D eigenvalue weighted by molar-refractivity contribution is 7.13. The van der Waals surface area contributed by atoms with E-state index in [2.05, 4.69) is 20.9 Å². The highest BCUT2D eigenvalue weighted by Gasteiger charge is 2.44. The molecule has 43 heavy (non-hydrogen) atoms. The van der Waals surface area contributed by atoms with Gasteiger partial charge in [-0.2, -0.15) is 0 Å². The zero-order chi connectivity index (χ0) is 31.6. The molecule has 4 amide bonds. The summed E-state index contributed by atoms with van der Waals surface area (Å²) in [6.07, 6.45) is 1.61. The first-order chi connectivity index (χ1) is 20.4. The highest BCUT2D eigenvalue weighted by Crippen LogP contribution is 2.28. The molecule has 236 valence electrons. The van der Waals surface area contributed by atoms with E-state index in [1.807, 2.05) is 57.5 Å². The Hall–Kier alpha value is -3.35. The number of aryl methyl sites for hydroxylation is 1. The van der Waals surface area contributed by atoms with Gasteiger partial charge in [0.2, 0.25) is 23.6 Å². The zero-order valence-corrected chi connectivity index (χ0v) is 26.6. The van der Waals surface area contributed by atoms with Crippen LogP contribution in [0.5, 0.6) is 0 Å². The molecule has 2 aromatic rings. The van der Waals surface area contributed by atoms with Crippen LogP contribution in [0.3, 0.4) is 0 Å². The van der Waals surface area contributed by atoms with E-state index >= 15 is 0 Å². The first-order valence-corrected chi connectivity index (χ1v) is 15.6. The highest BCUT2D eigenvalue weighted by atomic mass is 32.1. The molecule has 2 heterocycles. The predicted molar refractivity (Wildman–Crippen MR) is 165 cm³/mol. The number of benzene rings is 1.